The number of sulfonamides is 1. The maximum absolute atomic E-state index is 12.6. The summed E-state index contributed by atoms with van der Waals surface area (Å²) in [5.74, 6) is 0.0376. The first-order valence-corrected chi connectivity index (χ1v) is 9.11. The highest BCUT2D eigenvalue weighted by molar-refractivity contribution is 7.92. The zero-order valence-corrected chi connectivity index (χ0v) is 14.7. The van der Waals surface area contributed by atoms with E-state index in [1.165, 1.54) is 12.0 Å². The molecule has 128 valence electrons. The van der Waals surface area contributed by atoms with Gasteiger partial charge in [0.25, 0.3) is 0 Å². The number of benzene rings is 2. The highest BCUT2D eigenvalue weighted by Gasteiger charge is 2.25. The topological polar surface area (TPSA) is 66.9 Å². The van der Waals surface area contributed by atoms with Crippen LogP contribution in [0.2, 0.25) is 0 Å². The second kappa shape index (κ2) is 7.35. The van der Waals surface area contributed by atoms with Crippen molar-refractivity contribution in [2.75, 3.05) is 36.2 Å². The molecule has 0 aliphatic rings. The van der Waals surface area contributed by atoms with Crippen molar-refractivity contribution in [3.8, 4) is 5.75 Å². The van der Waals surface area contributed by atoms with Crippen molar-refractivity contribution in [2.45, 2.75) is 0 Å². The van der Waals surface area contributed by atoms with Gasteiger partial charge in [0, 0.05) is 12.7 Å². The number of carbonyl (C=O) groups is 1. The first kappa shape index (κ1) is 17.8. The molecular formula is C17H20N2O4S. The Morgan fingerprint density at radius 3 is 2.21 bits per heavy atom. The number of hydrogen-bond donors (Lipinski definition) is 0. The highest BCUT2D eigenvalue weighted by Crippen LogP contribution is 2.29. The minimum atomic E-state index is -3.66. The Bertz CT molecular complexity index is 806. The number of amides is 1. The van der Waals surface area contributed by atoms with E-state index in [0.717, 1.165) is 10.6 Å². The van der Waals surface area contributed by atoms with Gasteiger partial charge in [-0.3, -0.25) is 9.10 Å². The van der Waals surface area contributed by atoms with Gasteiger partial charge in [-0.2, -0.15) is 0 Å². The molecule has 0 unspecified atom stereocenters. The first-order valence-electron chi connectivity index (χ1n) is 7.27. The Morgan fingerprint density at radius 1 is 1.04 bits per heavy atom. The van der Waals surface area contributed by atoms with Crippen LogP contribution in [-0.2, 0) is 14.8 Å². The minimum Gasteiger partial charge on any atom is -0.495 e. The average Bonchev–Trinajstić information content (AvgIpc) is 2.58. The van der Waals surface area contributed by atoms with Crippen LogP contribution in [0, 0.1) is 0 Å². The van der Waals surface area contributed by atoms with E-state index < -0.39 is 10.0 Å². The van der Waals surface area contributed by atoms with Crippen LogP contribution in [0.1, 0.15) is 0 Å². The van der Waals surface area contributed by atoms with E-state index in [0.29, 0.717) is 17.1 Å². The van der Waals surface area contributed by atoms with Gasteiger partial charge in [-0.25, -0.2) is 8.42 Å². The minimum absolute atomic E-state index is 0.315. The lowest BCUT2D eigenvalue weighted by Gasteiger charge is -2.26. The Hall–Kier alpha value is -2.54. The van der Waals surface area contributed by atoms with Gasteiger partial charge >= 0.3 is 0 Å². The molecule has 0 saturated heterocycles. The number of carbonyl (C=O) groups excluding carboxylic acids is 1. The first-order chi connectivity index (χ1) is 11.3. The SMILES string of the molecule is COc1ccccc1N(CC(=O)N(C)c1ccccc1)S(C)(=O)=O. The molecule has 0 aromatic heterocycles. The summed E-state index contributed by atoms with van der Waals surface area (Å²) in [5, 5.41) is 0. The van der Waals surface area contributed by atoms with Crippen LogP contribution in [0.5, 0.6) is 5.75 Å². The Morgan fingerprint density at radius 2 is 1.62 bits per heavy atom. The molecule has 0 fully saturated rings. The van der Waals surface area contributed by atoms with Gasteiger partial charge in [0.05, 0.1) is 19.1 Å². The summed E-state index contributed by atoms with van der Waals surface area (Å²) in [5.41, 5.74) is 1.02. The molecule has 0 heterocycles. The van der Waals surface area contributed by atoms with Crippen molar-refractivity contribution in [1.82, 2.24) is 0 Å². The maximum Gasteiger partial charge on any atom is 0.247 e. The lowest BCUT2D eigenvalue weighted by molar-refractivity contribution is -0.116. The van der Waals surface area contributed by atoms with Crippen molar-refractivity contribution in [3.05, 3.63) is 54.6 Å². The van der Waals surface area contributed by atoms with E-state index in [2.05, 4.69) is 0 Å². The van der Waals surface area contributed by atoms with Gasteiger partial charge in [0.2, 0.25) is 15.9 Å². The fourth-order valence-electron chi connectivity index (χ4n) is 2.24. The maximum atomic E-state index is 12.6. The summed E-state index contributed by atoms with van der Waals surface area (Å²) in [7, 11) is -0.588. The third-order valence-corrected chi connectivity index (χ3v) is 4.68. The van der Waals surface area contributed by atoms with Crippen molar-refractivity contribution < 1.29 is 17.9 Å². The number of rotatable bonds is 6. The van der Waals surface area contributed by atoms with Crippen LogP contribution in [0.4, 0.5) is 11.4 Å². The summed E-state index contributed by atoms with van der Waals surface area (Å²) in [6, 6.07) is 15.7. The van der Waals surface area contributed by atoms with Gasteiger partial charge in [-0.15, -0.1) is 0 Å². The number of likely N-dealkylation sites (N-methyl/N-ethyl adjacent to an activating group) is 1. The number of para-hydroxylation sites is 3. The van der Waals surface area contributed by atoms with Crippen molar-refractivity contribution >= 4 is 27.3 Å². The molecule has 7 heteroatoms. The predicted molar refractivity (Wildman–Crippen MR) is 95.0 cm³/mol. The van der Waals surface area contributed by atoms with Gasteiger partial charge in [0.1, 0.15) is 12.3 Å². The Balaban J connectivity index is 2.32. The number of anilines is 2. The highest BCUT2D eigenvalue weighted by atomic mass is 32.2. The number of methoxy groups -OCH3 is 1. The van der Waals surface area contributed by atoms with Gasteiger partial charge < -0.3 is 9.64 Å². The quantitative estimate of drug-likeness (QED) is 0.802. The average molecular weight is 348 g/mol. The van der Waals surface area contributed by atoms with E-state index >= 15 is 0 Å². The molecule has 0 spiro atoms. The van der Waals surface area contributed by atoms with Crippen LogP contribution in [-0.4, -0.2) is 41.3 Å². The molecule has 2 rings (SSSR count). The third kappa shape index (κ3) is 4.05. The van der Waals surface area contributed by atoms with Crippen molar-refractivity contribution in [3.63, 3.8) is 0 Å². The van der Waals surface area contributed by atoms with Crippen LogP contribution in [0.3, 0.4) is 0 Å². The van der Waals surface area contributed by atoms with Crippen LogP contribution >= 0.6 is 0 Å². The summed E-state index contributed by atoms with van der Waals surface area (Å²) in [6.45, 7) is -0.315. The predicted octanol–water partition coefficient (Wildman–Crippen LogP) is 2.12. The molecule has 0 radical (unpaired) electrons. The van der Waals surface area contributed by atoms with E-state index in [-0.39, 0.29) is 12.5 Å². The van der Waals surface area contributed by atoms with Crippen LogP contribution in [0.25, 0.3) is 0 Å². The van der Waals surface area contributed by atoms with E-state index in [1.54, 1.807) is 43.4 Å². The van der Waals surface area contributed by atoms with E-state index in [9.17, 15) is 13.2 Å². The summed E-state index contributed by atoms with van der Waals surface area (Å²) >= 11 is 0. The fourth-order valence-corrected chi connectivity index (χ4v) is 3.09. The van der Waals surface area contributed by atoms with Gasteiger partial charge in [-0.1, -0.05) is 30.3 Å². The molecule has 0 atom stereocenters. The molecule has 2 aromatic rings. The standard InChI is InChI=1S/C17H20N2O4S/c1-18(14-9-5-4-6-10-14)17(20)13-19(24(3,21)22)15-11-7-8-12-16(15)23-2/h4-12H,13H2,1-3H3. The van der Waals surface area contributed by atoms with Gasteiger partial charge in [0.15, 0.2) is 0 Å². The Labute approximate surface area is 142 Å². The molecule has 1 amide bonds. The summed E-state index contributed by atoms with van der Waals surface area (Å²) in [4.78, 5) is 14.0. The molecule has 24 heavy (non-hydrogen) atoms. The monoisotopic (exact) mass is 348 g/mol. The molecule has 0 aliphatic heterocycles. The number of hydrogen-bond acceptors (Lipinski definition) is 4. The van der Waals surface area contributed by atoms with E-state index in [4.69, 9.17) is 4.74 Å². The zero-order chi connectivity index (χ0) is 17.7. The lowest BCUT2D eigenvalue weighted by Crippen LogP contribution is -2.41. The summed E-state index contributed by atoms with van der Waals surface area (Å²) < 4.78 is 30.7. The van der Waals surface area contributed by atoms with E-state index in [1.807, 2.05) is 18.2 Å². The molecule has 0 bridgehead atoms. The number of nitrogens with zero attached hydrogens (tertiary/aromatic N) is 2. The van der Waals surface area contributed by atoms with Crippen molar-refractivity contribution in [2.24, 2.45) is 0 Å². The van der Waals surface area contributed by atoms with Crippen LogP contribution in [0.15, 0.2) is 54.6 Å². The molecule has 2 aromatic carbocycles. The fraction of sp³-hybridized carbons (Fsp3) is 0.235. The largest absolute Gasteiger partial charge is 0.495 e. The summed E-state index contributed by atoms with van der Waals surface area (Å²) in [6.07, 6.45) is 1.06. The van der Waals surface area contributed by atoms with Gasteiger partial charge in [-0.05, 0) is 24.3 Å². The second-order valence-electron chi connectivity index (χ2n) is 5.23. The molecule has 0 aliphatic carbocycles. The smallest absolute Gasteiger partial charge is 0.247 e. The second-order valence-corrected chi connectivity index (χ2v) is 7.14. The number of ether oxygens (including phenoxy) is 1. The molecular weight excluding hydrogens is 328 g/mol. The third-order valence-electron chi connectivity index (χ3n) is 3.55. The van der Waals surface area contributed by atoms with Crippen molar-refractivity contribution in [1.29, 1.82) is 0 Å². The van der Waals surface area contributed by atoms with Crippen LogP contribution < -0.4 is 13.9 Å². The Kier molecular flexibility index (Phi) is 5.46. The molecule has 6 nitrogen and oxygen atoms in total. The lowest BCUT2D eigenvalue weighted by atomic mass is 10.2. The zero-order valence-electron chi connectivity index (χ0n) is 13.8. The molecule has 0 saturated carbocycles. The normalized spacial score (nSPS) is 11.0. The molecule has 0 N–H and O–H groups in total.